The average Bonchev–Trinajstić information content (AvgIpc) is 3.30. The van der Waals surface area contributed by atoms with E-state index in [0.717, 1.165) is 42.6 Å². The van der Waals surface area contributed by atoms with Gasteiger partial charge in [-0.15, -0.1) is 0 Å². The molecule has 1 fully saturated rings. The highest BCUT2D eigenvalue weighted by molar-refractivity contribution is 6.30. The monoisotopic (exact) mass is 463 g/mol. The van der Waals surface area contributed by atoms with Crippen molar-refractivity contribution < 1.29 is 9.18 Å². The first-order valence-corrected chi connectivity index (χ1v) is 11.7. The van der Waals surface area contributed by atoms with Gasteiger partial charge < -0.3 is 14.7 Å². The molecule has 0 N–H and O–H groups in total. The lowest BCUT2D eigenvalue weighted by Crippen LogP contribution is -2.37. The smallest absolute Gasteiger partial charge is 0.258 e. The van der Waals surface area contributed by atoms with Crippen molar-refractivity contribution in [3.05, 3.63) is 82.6 Å². The first kappa shape index (κ1) is 21.9. The summed E-state index contributed by atoms with van der Waals surface area (Å²) in [5, 5.41) is 0.697. The van der Waals surface area contributed by atoms with Crippen LogP contribution in [0.3, 0.4) is 0 Å². The summed E-state index contributed by atoms with van der Waals surface area (Å²) in [4.78, 5) is 19.2. The van der Waals surface area contributed by atoms with Gasteiger partial charge >= 0.3 is 0 Å². The zero-order valence-electron chi connectivity index (χ0n) is 18.9. The largest absolute Gasteiger partial charge is 0.368 e. The maximum absolute atomic E-state index is 15.1. The first-order valence-electron chi connectivity index (χ1n) is 11.3. The fraction of sp³-hybridized carbons (Fsp3) is 0.296. The van der Waals surface area contributed by atoms with Gasteiger partial charge in [0.2, 0.25) is 0 Å². The molecule has 3 aromatic carbocycles. The summed E-state index contributed by atoms with van der Waals surface area (Å²) in [5.74, 6) is -0.358. The van der Waals surface area contributed by atoms with E-state index < -0.39 is 0 Å². The minimum absolute atomic E-state index is 0.0834. The zero-order chi connectivity index (χ0) is 23.1. The normalized spacial score (nSPS) is 18.2. The fourth-order valence-corrected chi connectivity index (χ4v) is 4.98. The molecule has 2 aliphatic rings. The quantitative estimate of drug-likeness (QED) is 0.512. The van der Waals surface area contributed by atoms with Crippen LogP contribution in [-0.2, 0) is 6.42 Å². The fourth-order valence-electron chi connectivity index (χ4n) is 4.86. The van der Waals surface area contributed by atoms with E-state index in [4.69, 9.17) is 11.6 Å². The number of likely N-dealkylation sites (N-methyl/N-ethyl adjacent to an activating group) is 1. The van der Waals surface area contributed by atoms with Crippen LogP contribution in [0.15, 0.2) is 60.7 Å². The van der Waals surface area contributed by atoms with Crippen LogP contribution in [0.4, 0.5) is 15.8 Å². The van der Waals surface area contributed by atoms with Crippen LogP contribution in [0.25, 0.3) is 11.1 Å². The molecule has 0 aliphatic carbocycles. The van der Waals surface area contributed by atoms with Crippen LogP contribution in [0.5, 0.6) is 0 Å². The van der Waals surface area contributed by atoms with Crippen molar-refractivity contribution in [2.75, 3.05) is 43.5 Å². The highest BCUT2D eigenvalue weighted by Gasteiger charge is 2.29. The number of amides is 1. The van der Waals surface area contributed by atoms with E-state index >= 15 is 4.39 Å². The predicted octanol–water partition coefficient (Wildman–Crippen LogP) is 5.49. The minimum Gasteiger partial charge on any atom is -0.368 e. The number of anilines is 2. The molecule has 1 unspecified atom stereocenters. The van der Waals surface area contributed by atoms with E-state index in [-0.39, 0.29) is 11.7 Å². The number of nitrogens with zero attached hydrogens (tertiary/aromatic N) is 3. The van der Waals surface area contributed by atoms with E-state index in [1.807, 2.05) is 48.5 Å². The SMILES string of the molecule is CN(C)C1CCN(c2ccc(N3CCc4cc(-c5ccc(Cl)cc5)ccc4C3=O)cc2F)C1. The molecule has 4 nitrogen and oxygen atoms in total. The molecule has 2 heterocycles. The van der Waals surface area contributed by atoms with Crippen molar-refractivity contribution in [1.29, 1.82) is 0 Å². The number of hydrogen-bond donors (Lipinski definition) is 0. The Hall–Kier alpha value is -2.89. The van der Waals surface area contributed by atoms with Gasteiger partial charge in [0.25, 0.3) is 5.91 Å². The maximum atomic E-state index is 15.1. The molecule has 0 spiro atoms. The summed E-state index contributed by atoms with van der Waals surface area (Å²) in [7, 11) is 4.12. The Balaban J connectivity index is 1.36. The van der Waals surface area contributed by atoms with Gasteiger partial charge in [-0.05, 0) is 80.0 Å². The summed E-state index contributed by atoms with van der Waals surface area (Å²) in [6.07, 6.45) is 1.75. The number of fused-ring (bicyclic) bond motifs is 1. The molecule has 1 amide bonds. The second kappa shape index (κ2) is 8.81. The third kappa shape index (κ3) is 4.23. The zero-order valence-corrected chi connectivity index (χ0v) is 19.6. The van der Waals surface area contributed by atoms with Crippen LogP contribution >= 0.6 is 11.6 Å². The standard InChI is InChI=1S/C27H27ClFN3O/c1-30(2)23-12-13-31(17-23)26-10-8-22(16-25(26)29)32-14-11-20-15-19(5-9-24(20)27(32)33)18-3-6-21(28)7-4-18/h3-10,15-16,23H,11-14,17H2,1-2H3. The third-order valence-corrected chi connectivity index (χ3v) is 7.09. The van der Waals surface area contributed by atoms with Gasteiger partial charge in [-0.1, -0.05) is 35.9 Å². The van der Waals surface area contributed by atoms with Gasteiger partial charge in [-0.25, -0.2) is 4.39 Å². The second-order valence-electron chi connectivity index (χ2n) is 9.07. The molecule has 0 radical (unpaired) electrons. The number of carbonyl (C=O) groups is 1. The molecular formula is C27H27ClFN3O. The topological polar surface area (TPSA) is 26.8 Å². The predicted molar refractivity (Wildman–Crippen MR) is 133 cm³/mol. The minimum atomic E-state index is -0.274. The van der Waals surface area contributed by atoms with Gasteiger partial charge in [0.05, 0.1) is 5.69 Å². The van der Waals surface area contributed by atoms with Crippen molar-refractivity contribution in [3.8, 4) is 11.1 Å². The van der Waals surface area contributed by atoms with Gasteiger partial charge in [-0.2, -0.15) is 0 Å². The van der Waals surface area contributed by atoms with E-state index in [1.165, 1.54) is 6.07 Å². The Morgan fingerprint density at radius 2 is 1.73 bits per heavy atom. The van der Waals surface area contributed by atoms with Crippen LogP contribution in [-0.4, -0.2) is 50.6 Å². The number of halogens is 2. The molecule has 3 aromatic rings. The molecule has 5 rings (SSSR count). The highest BCUT2D eigenvalue weighted by Crippen LogP contribution is 2.32. The van der Waals surface area contributed by atoms with E-state index in [9.17, 15) is 4.79 Å². The summed E-state index contributed by atoms with van der Waals surface area (Å²) in [6, 6.07) is 19.2. The van der Waals surface area contributed by atoms with Gasteiger partial charge in [-0.3, -0.25) is 4.79 Å². The van der Waals surface area contributed by atoms with Crippen LogP contribution < -0.4 is 9.80 Å². The molecule has 1 atom stereocenters. The maximum Gasteiger partial charge on any atom is 0.258 e. The Labute approximate surface area is 199 Å². The van der Waals surface area contributed by atoms with Crippen LogP contribution in [0.1, 0.15) is 22.3 Å². The lowest BCUT2D eigenvalue weighted by molar-refractivity contribution is 0.0980. The van der Waals surface area contributed by atoms with Crippen molar-refractivity contribution >= 4 is 28.9 Å². The third-order valence-electron chi connectivity index (χ3n) is 6.84. The summed E-state index contributed by atoms with van der Waals surface area (Å²) < 4.78 is 15.1. The Kier molecular flexibility index (Phi) is 5.85. The summed E-state index contributed by atoms with van der Waals surface area (Å²) in [5.41, 5.74) is 5.04. The number of benzene rings is 3. The van der Waals surface area contributed by atoms with E-state index in [2.05, 4.69) is 30.0 Å². The van der Waals surface area contributed by atoms with E-state index in [0.29, 0.717) is 34.5 Å². The molecule has 6 heteroatoms. The molecule has 0 bridgehead atoms. The molecule has 2 aliphatic heterocycles. The number of hydrogen-bond acceptors (Lipinski definition) is 3. The Morgan fingerprint density at radius 1 is 0.970 bits per heavy atom. The highest BCUT2D eigenvalue weighted by atomic mass is 35.5. The average molecular weight is 464 g/mol. The van der Waals surface area contributed by atoms with Crippen molar-refractivity contribution in [2.45, 2.75) is 18.9 Å². The Morgan fingerprint density at radius 3 is 2.42 bits per heavy atom. The summed E-state index contributed by atoms with van der Waals surface area (Å²) in [6.45, 7) is 2.18. The Bertz CT molecular complexity index is 1190. The van der Waals surface area contributed by atoms with Crippen molar-refractivity contribution in [1.82, 2.24) is 4.90 Å². The lowest BCUT2D eigenvalue weighted by atomic mass is 9.94. The van der Waals surface area contributed by atoms with Crippen molar-refractivity contribution in [3.63, 3.8) is 0 Å². The second-order valence-corrected chi connectivity index (χ2v) is 9.51. The van der Waals surface area contributed by atoms with Crippen LogP contribution in [0.2, 0.25) is 5.02 Å². The molecule has 0 saturated carbocycles. The lowest BCUT2D eigenvalue weighted by Gasteiger charge is -2.30. The summed E-state index contributed by atoms with van der Waals surface area (Å²) >= 11 is 6.00. The molecule has 1 saturated heterocycles. The molecule has 170 valence electrons. The van der Waals surface area contributed by atoms with Crippen LogP contribution in [0, 0.1) is 5.82 Å². The number of rotatable bonds is 4. The molecular weight excluding hydrogens is 437 g/mol. The molecule has 33 heavy (non-hydrogen) atoms. The number of carbonyl (C=O) groups excluding carboxylic acids is 1. The van der Waals surface area contributed by atoms with E-state index in [1.54, 1.807) is 4.90 Å². The van der Waals surface area contributed by atoms with Gasteiger partial charge in [0.15, 0.2) is 0 Å². The van der Waals surface area contributed by atoms with Crippen molar-refractivity contribution in [2.24, 2.45) is 0 Å². The first-order chi connectivity index (χ1) is 15.9. The van der Waals surface area contributed by atoms with Gasteiger partial charge in [0, 0.05) is 41.9 Å². The van der Waals surface area contributed by atoms with Gasteiger partial charge in [0.1, 0.15) is 5.82 Å². The molecule has 0 aromatic heterocycles.